The monoisotopic (exact) mass is 446 g/mol. The van der Waals surface area contributed by atoms with Crippen LogP contribution >= 0.6 is 23.1 Å². The van der Waals surface area contributed by atoms with Crippen LogP contribution in [0.5, 0.6) is 0 Å². The number of carbonyl (C=O) groups excluding carboxylic acids is 2. The fourth-order valence-corrected chi connectivity index (χ4v) is 4.13. The second-order valence-corrected chi connectivity index (χ2v) is 8.45. The van der Waals surface area contributed by atoms with E-state index in [-0.39, 0.29) is 11.8 Å². The zero-order chi connectivity index (χ0) is 21.5. The summed E-state index contributed by atoms with van der Waals surface area (Å²) in [5.74, 6) is -0.317. The van der Waals surface area contributed by atoms with E-state index in [2.05, 4.69) is 20.6 Å². The molecule has 2 N–H and O–H groups in total. The Hall–Kier alpha value is -3.49. The van der Waals surface area contributed by atoms with E-state index in [9.17, 15) is 9.59 Å². The highest BCUT2D eigenvalue weighted by Gasteiger charge is 2.09. The van der Waals surface area contributed by atoms with E-state index in [0.29, 0.717) is 22.7 Å². The minimum atomic E-state index is -0.214. The molecule has 154 valence electrons. The summed E-state index contributed by atoms with van der Waals surface area (Å²) in [6, 6.07) is 20.0. The van der Waals surface area contributed by atoms with Crippen molar-refractivity contribution < 1.29 is 9.59 Å². The summed E-state index contributed by atoms with van der Waals surface area (Å²) < 4.78 is 0. The van der Waals surface area contributed by atoms with Gasteiger partial charge in [0.05, 0.1) is 4.88 Å². The van der Waals surface area contributed by atoms with Crippen molar-refractivity contribution in [3.05, 3.63) is 101 Å². The smallest absolute Gasteiger partial charge is 0.261 e. The van der Waals surface area contributed by atoms with Crippen LogP contribution in [0.1, 0.15) is 25.6 Å². The Morgan fingerprint density at radius 3 is 2.45 bits per heavy atom. The van der Waals surface area contributed by atoms with Crippen LogP contribution in [-0.2, 0) is 6.54 Å². The molecule has 31 heavy (non-hydrogen) atoms. The fraction of sp³-hybridized carbons (Fsp3) is 0.0435. The molecule has 0 aliphatic carbocycles. The summed E-state index contributed by atoms with van der Waals surface area (Å²) in [6.07, 6.45) is 3.38. The van der Waals surface area contributed by atoms with E-state index < -0.39 is 0 Å². The lowest BCUT2D eigenvalue weighted by atomic mass is 10.1. The molecule has 0 saturated carbocycles. The molecule has 4 rings (SSSR count). The van der Waals surface area contributed by atoms with Gasteiger partial charge in [-0.2, -0.15) is 0 Å². The fourth-order valence-electron chi connectivity index (χ4n) is 2.71. The largest absolute Gasteiger partial charge is 0.347 e. The molecular weight excluding hydrogens is 428 g/mol. The average Bonchev–Trinajstić information content (AvgIpc) is 3.34. The number of rotatable bonds is 7. The first-order valence-electron chi connectivity index (χ1n) is 9.44. The number of benzene rings is 1. The molecule has 0 radical (unpaired) electrons. The van der Waals surface area contributed by atoms with E-state index >= 15 is 0 Å². The normalized spacial score (nSPS) is 10.5. The maximum absolute atomic E-state index is 12.6. The number of hydrogen-bond donors (Lipinski definition) is 2. The first-order chi connectivity index (χ1) is 15.2. The third kappa shape index (κ3) is 5.78. The van der Waals surface area contributed by atoms with E-state index in [1.165, 1.54) is 23.1 Å². The van der Waals surface area contributed by atoms with Crippen molar-refractivity contribution in [3.8, 4) is 0 Å². The van der Waals surface area contributed by atoms with Crippen LogP contribution in [0.4, 0.5) is 5.69 Å². The number of nitrogens with one attached hydrogen (secondary N) is 2. The summed E-state index contributed by atoms with van der Waals surface area (Å²) in [5.41, 5.74) is 2.11. The van der Waals surface area contributed by atoms with Gasteiger partial charge < -0.3 is 10.6 Å². The topological polar surface area (TPSA) is 84.0 Å². The molecular formula is C23H18N4O2S2. The Morgan fingerprint density at radius 2 is 1.71 bits per heavy atom. The third-order valence-corrected chi connectivity index (χ3v) is 6.01. The van der Waals surface area contributed by atoms with E-state index in [1.54, 1.807) is 36.7 Å². The van der Waals surface area contributed by atoms with E-state index in [0.717, 1.165) is 15.6 Å². The second kappa shape index (κ2) is 10.0. The molecule has 0 saturated heterocycles. The first-order valence-corrected chi connectivity index (χ1v) is 11.1. The average molecular weight is 447 g/mol. The van der Waals surface area contributed by atoms with Gasteiger partial charge in [0.1, 0.15) is 10.1 Å². The van der Waals surface area contributed by atoms with Crippen molar-refractivity contribution in [2.45, 2.75) is 16.6 Å². The molecule has 4 aromatic rings. The first kappa shape index (κ1) is 20.8. The van der Waals surface area contributed by atoms with Gasteiger partial charge in [0, 0.05) is 30.2 Å². The van der Waals surface area contributed by atoms with Gasteiger partial charge in [-0.25, -0.2) is 9.97 Å². The van der Waals surface area contributed by atoms with Gasteiger partial charge >= 0.3 is 0 Å². The van der Waals surface area contributed by atoms with Gasteiger partial charge in [-0.15, -0.1) is 11.3 Å². The molecule has 8 heteroatoms. The Balaban J connectivity index is 1.34. The zero-order valence-electron chi connectivity index (χ0n) is 16.3. The van der Waals surface area contributed by atoms with Gasteiger partial charge in [0.15, 0.2) is 0 Å². The van der Waals surface area contributed by atoms with Crippen LogP contribution in [0.2, 0.25) is 0 Å². The predicted octanol–water partition coefficient (Wildman–Crippen LogP) is 4.87. The predicted molar refractivity (Wildman–Crippen MR) is 122 cm³/mol. The Morgan fingerprint density at radius 1 is 0.871 bits per heavy atom. The highest BCUT2D eigenvalue weighted by molar-refractivity contribution is 7.99. The number of carbonyl (C=O) groups is 2. The van der Waals surface area contributed by atoms with Crippen molar-refractivity contribution in [2.24, 2.45) is 0 Å². The Bertz CT molecular complexity index is 1160. The molecule has 1 aromatic carbocycles. The van der Waals surface area contributed by atoms with Crippen LogP contribution in [0, 0.1) is 0 Å². The van der Waals surface area contributed by atoms with Crippen LogP contribution < -0.4 is 10.6 Å². The molecule has 0 aliphatic rings. The SMILES string of the molecule is O=C(Nc1ccnc(Sc2ccccn2)c1)c1ccc(CNC(=O)c2cccs2)cc1. The lowest BCUT2D eigenvalue weighted by molar-refractivity contribution is 0.0953. The van der Waals surface area contributed by atoms with Crippen LogP contribution in [-0.4, -0.2) is 21.8 Å². The Kier molecular flexibility index (Phi) is 6.71. The number of aromatic nitrogens is 2. The highest BCUT2D eigenvalue weighted by atomic mass is 32.2. The van der Waals surface area contributed by atoms with Crippen LogP contribution in [0.3, 0.4) is 0 Å². The zero-order valence-corrected chi connectivity index (χ0v) is 18.0. The number of anilines is 1. The molecule has 2 amide bonds. The lowest BCUT2D eigenvalue weighted by Gasteiger charge is -2.08. The number of nitrogens with zero attached hydrogens (tertiary/aromatic N) is 2. The number of hydrogen-bond acceptors (Lipinski definition) is 6. The summed E-state index contributed by atoms with van der Waals surface area (Å²) in [6.45, 7) is 0.400. The quantitative estimate of drug-likeness (QED) is 0.423. The molecule has 6 nitrogen and oxygen atoms in total. The maximum Gasteiger partial charge on any atom is 0.261 e. The molecule has 0 spiro atoms. The Labute approximate surface area is 187 Å². The summed E-state index contributed by atoms with van der Waals surface area (Å²) in [7, 11) is 0. The summed E-state index contributed by atoms with van der Waals surface area (Å²) in [4.78, 5) is 33.9. The van der Waals surface area contributed by atoms with E-state index in [1.807, 2.05) is 47.8 Å². The maximum atomic E-state index is 12.6. The van der Waals surface area contributed by atoms with Gasteiger partial charge in [-0.3, -0.25) is 9.59 Å². The van der Waals surface area contributed by atoms with Crippen LogP contribution in [0.15, 0.2) is 94.6 Å². The van der Waals surface area contributed by atoms with Gasteiger partial charge in [-0.1, -0.05) is 36.0 Å². The summed E-state index contributed by atoms with van der Waals surface area (Å²) >= 11 is 2.83. The van der Waals surface area contributed by atoms with Crippen molar-refractivity contribution in [1.82, 2.24) is 15.3 Å². The van der Waals surface area contributed by atoms with Crippen molar-refractivity contribution in [3.63, 3.8) is 0 Å². The van der Waals surface area contributed by atoms with Crippen molar-refractivity contribution in [2.75, 3.05) is 5.32 Å². The molecule has 0 unspecified atom stereocenters. The van der Waals surface area contributed by atoms with E-state index in [4.69, 9.17) is 0 Å². The number of thiophene rings is 1. The second-order valence-electron chi connectivity index (χ2n) is 6.46. The number of pyridine rings is 2. The minimum Gasteiger partial charge on any atom is -0.347 e. The van der Waals surface area contributed by atoms with Crippen molar-refractivity contribution >= 4 is 40.6 Å². The third-order valence-electron chi connectivity index (χ3n) is 4.25. The van der Waals surface area contributed by atoms with Gasteiger partial charge in [-0.05, 0) is 53.4 Å². The minimum absolute atomic E-state index is 0.103. The molecule has 0 aliphatic heterocycles. The van der Waals surface area contributed by atoms with Gasteiger partial charge in [0.25, 0.3) is 11.8 Å². The summed E-state index contributed by atoms with van der Waals surface area (Å²) in [5, 5.41) is 9.21. The molecule has 3 heterocycles. The van der Waals surface area contributed by atoms with Gasteiger partial charge in [0.2, 0.25) is 0 Å². The highest BCUT2D eigenvalue weighted by Crippen LogP contribution is 2.25. The van der Waals surface area contributed by atoms with Crippen LogP contribution in [0.25, 0.3) is 0 Å². The van der Waals surface area contributed by atoms with Crippen molar-refractivity contribution in [1.29, 1.82) is 0 Å². The molecule has 0 fully saturated rings. The molecule has 0 atom stereocenters. The molecule has 3 aromatic heterocycles. The lowest BCUT2D eigenvalue weighted by Crippen LogP contribution is -2.21. The number of amides is 2. The standard InChI is InChI=1S/C23H18N4O2S2/c28-22(27-18-10-12-25-21(14-18)31-20-5-1-2-11-24-20)17-8-6-16(7-9-17)15-26-23(29)19-4-3-13-30-19/h1-14H,15H2,(H,26,29)(H,25,27,28). The molecule has 0 bridgehead atoms.